The SMILES string of the molecule is NC(=O)NCCC[C@H](NC(=O)CCn1nnc2ccccc2c1=O)C(=O)O. The summed E-state index contributed by atoms with van der Waals surface area (Å²) in [4.78, 5) is 46.1. The largest absolute Gasteiger partial charge is 0.480 e. The lowest BCUT2D eigenvalue weighted by atomic mass is 10.1. The number of benzene rings is 1. The first-order valence-electron chi connectivity index (χ1n) is 8.26. The summed E-state index contributed by atoms with van der Waals surface area (Å²) < 4.78 is 1.06. The maximum absolute atomic E-state index is 12.3. The van der Waals surface area contributed by atoms with Gasteiger partial charge in [-0.1, -0.05) is 17.3 Å². The van der Waals surface area contributed by atoms with E-state index in [1.54, 1.807) is 24.3 Å². The van der Waals surface area contributed by atoms with Crippen LogP contribution < -0.4 is 21.9 Å². The number of aromatic nitrogens is 3. The molecule has 1 atom stereocenters. The second-order valence-electron chi connectivity index (χ2n) is 5.78. The van der Waals surface area contributed by atoms with Crippen molar-refractivity contribution in [3.63, 3.8) is 0 Å². The Morgan fingerprint density at radius 1 is 1.26 bits per heavy atom. The number of amides is 3. The highest BCUT2D eigenvalue weighted by molar-refractivity contribution is 5.83. The summed E-state index contributed by atoms with van der Waals surface area (Å²) in [6.07, 6.45) is 0.323. The van der Waals surface area contributed by atoms with Gasteiger partial charge in [-0.3, -0.25) is 9.59 Å². The number of carbonyl (C=O) groups is 3. The zero-order chi connectivity index (χ0) is 19.8. The lowest BCUT2D eigenvalue weighted by Gasteiger charge is -2.14. The van der Waals surface area contributed by atoms with E-state index in [2.05, 4.69) is 20.9 Å². The monoisotopic (exact) mass is 376 g/mol. The van der Waals surface area contributed by atoms with Crippen LogP contribution in [-0.4, -0.2) is 50.6 Å². The molecule has 2 rings (SSSR count). The van der Waals surface area contributed by atoms with Crippen LogP contribution in [0.3, 0.4) is 0 Å². The van der Waals surface area contributed by atoms with Crippen molar-refractivity contribution >= 4 is 28.8 Å². The summed E-state index contributed by atoms with van der Waals surface area (Å²) in [5.74, 6) is -1.72. The molecule has 11 heteroatoms. The van der Waals surface area contributed by atoms with Crippen LogP contribution in [-0.2, 0) is 16.1 Å². The molecule has 0 saturated heterocycles. The minimum atomic E-state index is -1.19. The molecule has 27 heavy (non-hydrogen) atoms. The van der Waals surface area contributed by atoms with E-state index in [1.165, 1.54) is 0 Å². The van der Waals surface area contributed by atoms with E-state index in [0.29, 0.717) is 17.3 Å². The smallest absolute Gasteiger partial charge is 0.326 e. The van der Waals surface area contributed by atoms with Crippen molar-refractivity contribution in [1.82, 2.24) is 25.6 Å². The number of nitrogens with one attached hydrogen (secondary N) is 2. The van der Waals surface area contributed by atoms with Crippen molar-refractivity contribution in [1.29, 1.82) is 0 Å². The molecule has 144 valence electrons. The molecular formula is C16H20N6O5. The molecule has 0 aliphatic carbocycles. The van der Waals surface area contributed by atoms with E-state index >= 15 is 0 Å². The minimum absolute atomic E-state index is 0.0297. The number of aliphatic carboxylic acids is 1. The van der Waals surface area contributed by atoms with Gasteiger partial charge in [-0.05, 0) is 25.0 Å². The zero-order valence-electron chi connectivity index (χ0n) is 14.4. The average molecular weight is 376 g/mol. The number of aryl methyl sites for hydroxylation is 1. The molecule has 1 aromatic heterocycles. The molecule has 3 amide bonds. The van der Waals surface area contributed by atoms with Crippen LogP contribution in [0.5, 0.6) is 0 Å². The first-order chi connectivity index (χ1) is 12.9. The van der Waals surface area contributed by atoms with Gasteiger partial charge in [0.25, 0.3) is 5.56 Å². The quantitative estimate of drug-likeness (QED) is 0.415. The van der Waals surface area contributed by atoms with E-state index in [4.69, 9.17) is 5.73 Å². The highest BCUT2D eigenvalue weighted by Gasteiger charge is 2.19. The molecule has 0 spiro atoms. The Labute approximate surface area is 153 Å². The predicted molar refractivity (Wildman–Crippen MR) is 94.8 cm³/mol. The van der Waals surface area contributed by atoms with Gasteiger partial charge in [0.1, 0.15) is 11.6 Å². The molecule has 11 nitrogen and oxygen atoms in total. The van der Waals surface area contributed by atoms with Gasteiger partial charge < -0.3 is 21.5 Å². The number of fused-ring (bicyclic) bond motifs is 1. The van der Waals surface area contributed by atoms with Crippen LogP contribution in [0.25, 0.3) is 10.9 Å². The summed E-state index contributed by atoms with van der Waals surface area (Å²) in [6, 6.07) is 4.90. The standard InChI is InChI=1S/C16H20N6O5/c17-16(27)18-8-3-6-12(15(25)26)19-13(23)7-9-22-14(24)10-4-1-2-5-11(10)20-21-22/h1-2,4-5,12H,3,6-9H2,(H,19,23)(H,25,26)(H3,17,18,27)/t12-/m0/s1. The Morgan fingerprint density at radius 3 is 2.70 bits per heavy atom. The Kier molecular flexibility index (Phi) is 6.80. The second kappa shape index (κ2) is 9.27. The first kappa shape index (κ1) is 19.8. The van der Waals surface area contributed by atoms with Crippen LogP contribution in [0, 0.1) is 0 Å². The zero-order valence-corrected chi connectivity index (χ0v) is 14.4. The molecule has 0 saturated carbocycles. The van der Waals surface area contributed by atoms with Gasteiger partial charge in [0.15, 0.2) is 0 Å². The van der Waals surface area contributed by atoms with E-state index in [1.807, 2.05) is 0 Å². The Hall–Kier alpha value is -3.50. The summed E-state index contributed by atoms with van der Waals surface area (Å²) in [5.41, 5.74) is 5.00. The van der Waals surface area contributed by atoms with Gasteiger partial charge in [-0.25, -0.2) is 14.3 Å². The lowest BCUT2D eigenvalue weighted by molar-refractivity contribution is -0.142. The fourth-order valence-electron chi connectivity index (χ4n) is 2.42. The van der Waals surface area contributed by atoms with Crippen LogP contribution in [0.2, 0.25) is 0 Å². The van der Waals surface area contributed by atoms with Gasteiger partial charge in [0, 0.05) is 13.0 Å². The Bertz CT molecular complexity index is 896. The third-order valence-corrected chi connectivity index (χ3v) is 3.78. The summed E-state index contributed by atoms with van der Waals surface area (Å²) in [6.45, 7) is 0.176. The molecule has 0 fully saturated rings. The normalized spacial score (nSPS) is 11.7. The van der Waals surface area contributed by atoms with Crippen molar-refractivity contribution in [2.75, 3.05) is 6.54 Å². The van der Waals surface area contributed by atoms with Crippen LogP contribution in [0.4, 0.5) is 4.79 Å². The molecule has 0 radical (unpaired) electrons. The lowest BCUT2D eigenvalue weighted by Crippen LogP contribution is -2.42. The Balaban J connectivity index is 1.90. The van der Waals surface area contributed by atoms with Crippen LogP contribution in [0.1, 0.15) is 19.3 Å². The van der Waals surface area contributed by atoms with Crippen molar-refractivity contribution in [3.8, 4) is 0 Å². The highest BCUT2D eigenvalue weighted by atomic mass is 16.4. The number of hydrogen-bond acceptors (Lipinski definition) is 6. The predicted octanol–water partition coefficient (Wildman–Crippen LogP) is -0.800. The topological polar surface area (TPSA) is 169 Å². The van der Waals surface area contributed by atoms with E-state index in [-0.39, 0.29) is 31.5 Å². The number of hydrogen-bond donors (Lipinski definition) is 4. The number of nitrogens with zero attached hydrogens (tertiary/aromatic N) is 3. The fraction of sp³-hybridized carbons (Fsp3) is 0.375. The third-order valence-electron chi connectivity index (χ3n) is 3.78. The van der Waals surface area contributed by atoms with Crippen LogP contribution >= 0.6 is 0 Å². The number of rotatable bonds is 9. The molecule has 0 aliphatic heterocycles. The van der Waals surface area contributed by atoms with E-state index in [0.717, 1.165) is 4.68 Å². The Morgan fingerprint density at radius 2 is 2.00 bits per heavy atom. The van der Waals surface area contributed by atoms with Crippen molar-refractivity contribution in [2.45, 2.75) is 31.8 Å². The molecule has 1 aromatic carbocycles. The van der Waals surface area contributed by atoms with Gasteiger partial charge >= 0.3 is 12.0 Å². The summed E-state index contributed by atoms with van der Waals surface area (Å²) in [5, 5.41) is 22.0. The van der Waals surface area contributed by atoms with Crippen LogP contribution in [0.15, 0.2) is 29.1 Å². The number of nitrogens with two attached hydrogens (primary N) is 1. The molecule has 5 N–H and O–H groups in total. The number of carboxylic acid groups (broad SMARTS) is 1. The van der Waals surface area contributed by atoms with E-state index < -0.39 is 23.9 Å². The number of carbonyl (C=O) groups excluding carboxylic acids is 2. The molecule has 2 aromatic rings. The summed E-state index contributed by atoms with van der Waals surface area (Å²) >= 11 is 0. The molecular weight excluding hydrogens is 356 g/mol. The average Bonchev–Trinajstić information content (AvgIpc) is 2.63. The van der Waals surface area contributed by atoms with Crippen molar-refractivity contribution in [2.24, 2.45) is 5.73 Å². The third kappa shape index (κ3) is 5.76. The maximum Gasteiger partial charge on any atom is 0.326 e. The van der Waals surface area contributed by atoms with Crippen molar-refractivity contribution in [3.05, 3.63) is 34.6 Å². The van der Waals surface area contributed by atoms with Gasteiger partial charge in [0.05, 0.1) is 11.9 Å². The van der Waals surface area contributed by atoms with Gasteiger partial charge in [-0.2, -0.15) is 0 Å². The molecule has 0 unspecified atom stereocenters. The number of primary amides is 1. The molecule has 0 aliphatic rings. The maximum atomic E-state index is 12.3. The van der Waals surface area contributed by atoms with Crippen molar-refractivity contribution < 1.29 is 19.5 Å². The first-order valence-corrected chi connectivity index (χ1v) is 8.26. The van der Waals surface area contributed by atoms with E-state index in [9.17, 15) is 24.3 Å². The van der Waals surface area contributed by atoms with Gasteiger partial charge in [0.2, 0.25) is 5.91 Å². The van der Waals surface area contributed by atoms with Gasteiger partial charge in [-0.15, -0.1) is 5.10 Å². The molecule has 0 bridgehead atoms. The second-order valence-corrected chi connectivity index (χ2v) is 5.78. The number of carboxylic acids is 1. The summed E-state index contributed by atoms with van der Waals surface area (Å²) in [7, 11) is 0. The highest BCUT2D eigenvalue weighted by Crippen LogP contribution is 2.04. The minimum Gasteiger partial charge on any atom is -0.480 e. The molecule has 1 heterocycles. The fourth-order valence-corrected chi connectivity index (χ4v) is 2.42. The number of urea groups is 1.